The first kappa shape index (κ1) is 31.1. The van der Waals surface area contributed by atoms with E-state index in [0.717, 1.165) is 68.7 Å². The minimum atomic E-state index is -0.00394. The molecule has 48 heavy (non-hydrogen) atoms. The highest BCUT2D eigenvalue weighted by molar-refractivity contribution is 5.94. The molecule has 2 aliphatic rings. The van der Waals surface area contributed by atoms with Crippen molar-refractivity contribution in [2.75, 3.05) is 38.3 Å². The third kappa shape index (κ3) is 6.12. The number of fused-ring (bicyclic) bond motifs is 2. The summed E-state index contributed by atoms with van der Waals surface area (Å²) in [5, 5.41) is 10.3. The van der Waals surface area contributed by atoms with E-state index in [-0.39, 0.29) is 11.9 Å². The van der Waals surface area contributed by atoms with Crippen LogP contribution >= 0.6 is 0 Å². The van der Waals surface area contributed by atoms with Crippen molar-refractivity contribution in [3.63, 3.8) is 0 Å². The molecule has 2 aromatic carbocycles. The van der Waals surface area contributed by atoms with Gasteiger partial charge in [0.1, 0.15) is 11.9 Å². The van der Waals surface area contributed by atoms with Gasteiger partial charge in [0.15, 0.2) is 0 Å². The molecule has 1 aliphatic heterocycles. The minimum Gasteiger partial charge on any atom is -0.384 e. The molecule has 0 N–H and O–H groups in total. The summed E-state index contributed by atoms with van der Waals surface area (Å²) in [7, 11) is 1.61. The van der Waals surface area contributed by atoms with Crippen LogP contribution in [0.5, 0.6) is 0 Å². The van der Waals surface area contributed by atoms with Crippen LogP contribution in [0.25, 0.3) is 51.4 Å². The van der Waals surface area contributed by atoms with Gasteiger partial charge in [-0.25, -0.2) is 15.0 Å². The maximum absolute atomic E-state index is 12.7. The van der Waals surface area contributed by atoms with E-state index in [9.17, 15) is 10.1 Å². The molecular formula is C38H36N8O2. The number of carbonyl (C=O) groups excluding carboxylic acids is 1. The van der Waals surface area contributed by atoms with Crippen LogP contribution in [0.15, 0.2) is 61.4 Å². The largest absolute Gasteiger partial charge is 0.384 e. The highest BCUT2D eigenvalue weighted by Crippen LogP contribution is 2.46. The van der Waals surface area contributed by atoms with E-state index < -0.39 is 0 Å². The van der Waals surface area contributed by atoms with E-state index in [4.69, 9.17) is 19.7 Å². The molecule has 1 aliphatic carbocycles. The van der Waals surface area contributed by atoms with Gasteiger partial charge in [-0.15, -0.1) is 0 Å². The van der Waals surface area contributed by atoms with Gasteiger partial charge in [0.25, 0.3) is 0 Å². The number of nitrogens with zero attached hydrogens (tertiary/aromatic N) is 8. The minimum absolute atomic E-state index is 0.00394. The molecule has 10 nitrogen and oxygen atoms in total. The number of ether oxygens (including phenoxy) is 1. The molecule has 1 saturated carbocycles. The molecule has 0 radical (unpaired) electrons. The summed E-state index contributed by atoms with van der Waals surface area (Å²) in [5.74, 6) is 1.11. The number of amides is 1. The molecule has 1 saturated heterocycles. The zero-order chi connectivity index (χ0) is 33.2. The number of nitriles is 1. The van der Waals surface area contributed by atoms with Gasteiger partial charge in [0, 0.05) is 55.4 Å². The monoisotopic (exact) mass is 636 g/mol. The molecule has 240 valence electrons. The van der Waals surface area contributed by atoms with E-state index in [1.54, 1.807) is 25.6 Å². The first-order valence-corrected chi connectivity index (χ1v) is 16.3. The van der Waals surface area contributed by atoms with E-state index in [0.29, 0.717) is 50.0 Å². The van der Waals surface area contributed by atoms with Crippen molar-refractivity contribution in [1.29, 1.82) is 5.26 Å². The van der Waals surface area contributed by atoms with Crippen molar-refractivity contribution in [1.82, 2.24) is 29.8 Å². The Kier molecular flexibility index (Phi) is 8.61. The predicted molar refractivity (Wildman–Crippen MR) is 188 cm³/mol. The Morgan fingerprint density at radius 3 is 2.50 bits per heavy atom. The molecule has 0 bridgehead atoms. The Labute approximate surface area is 279 Å². The van der Waals surface area contributed by atoms with Crippen LogP contribution in [0.3, 0.4) is 0 Å². The summed E-state index contributed by atoms with van der Waals surface area (Å²) in [6.45, 7) is 8.05. The summed E-state index contributed by atoms with van der Waals surface area (Å²) in [6, 6.07) is 16.3. The van der Waals surface area contributed by atoms with Gasteiger partial charge in [0.05, 0.1) is 70.1 Å². The van der Waals surface area contributed by atoms with E-state index >= 15 is 0 Å². The lowest BCUT2D eigenvalue weighted by Crippen LogP contribution is -2.54. The second kappa shape index (κ2) is 13.3. The van der Waals surface area contributed by atoms with Crippen LogP contribution in [0, 0.1) is 11.3 Å². The maximum Gasteiger partial charge on any atom is 0.225 e. The van der Waals surface area contributed by atoms with Crippen molar-refractivity contribution in [3.8, 4) is 17.2 Å². The fourth-order valence-corrected chi connectivity index (χ4v) is 6.42. The Morgan fingerprint density at radius 2 is 1.75 bits per heavy atom. The third-order valence-electron chi connectivity index (χ3n) is 9.03. The summed E-state index contributed by atoms with van der Waals surface area (Å²) in [4.78, 5) is 40.9. The molecule has 3 aromatic heterocycles. The third-order valence-corrected chi connectivity index (χ3v) is 9.03. The molecule has 10 heteroatoms. The fourth-order valence-electron chi connectivity index (χ4n) is 6.42. The smallest absolute Gasteiger partial charge is 0.225 e. The molecule has 7 rings (SSSR count). The summed E-state index contributed by atoms with van der Waals surface area (Å²) < 4.78 is 5.11. The van der Waals surface area contributed by atoms with Crippen LogP contribution in [0.4, 0.5) is 5.82 Å². The zero-order valence-electron chi connectivity index (χ0n) is 27.1. The van der Waals surface area contributed by atoms with Gasteiger partial charge in [0.2, 0.25) is 5.91 Å². The summed E-state index contributed by atoms with van der Waals surface area (Å²) in [5.41, 5.74) is 8.86. The van der Waals surface area contributed by atoms with Crippen LogP contribution in [-0.4, -0.2) is 75.1 Å². The second-order valence-corrected chi connectivity index (χ2v) is 12.3. The van der Waals surface area contributed by atoms with Crippen LogP contribution < -0.4 is 4.90 Å². The Hall–Kier alpha value is -5.53. The lowest BCUT2D eigenvalue weighted by Gasteiger charge is -2.41. The molecule has 2 fully saturated rings. The highest BCUT2D eigenvalue weighted by atomic mass is 16.5. The van der Waals surface area contributed by atoms with E-state index in [2.05, 4.69) is 27.5 Å². The number of methoxy groups -OCH3 is 1. The summed E-state index contributed by atoms with van der Waals surface area (Å²) >= 11 is 0. The predicted octanol–water partition coefficient (Wildman–Crippen LogP) is 6.27. The normalized spacial score (nSPS) is 16.5. The standard InChI is InChI=1S/C38H36N8O2/c1-4-28-21-40-36-25(7-5-9-32(36)42-28)13-14-29-22-41-37-30(8-6-10-33(37)43-29)31-19-27(20-39)38(44-35(31)26-11-12-26)45-16-17-46(24(2)23-45)34(47)15-18-48-3/h4-10,13-14,19,21-22,24,26H,1,11-12,15-18,23H2,2-3H3/t24-/m1/s1. The Balaban J connectivity index is 1.20. The molecule has 4 heterocycles. The lowest BCUT2D eigenvalue weighted by atomic mass is 9.97. The number of para-hydroxylation sites is 2. The highest BCUT2D eigenvalue weighted by Gasteiger charge is 2.33. The number of benzene rings is 2. The van der Waals surface area contributed by atoms with Crippen molar-refractivity contribution in [2.45, 2.75) is 38.1 Å². The van der Waals surface area contributed by atoms with Gasteiger partial charge in [-0.2, -0.15) is 5.26 Å². The van der Waals surface area contributed by atoms with E-state index in [1.807, 2.05) is 66.4 Å². The maximum atomic E-state index is 12.7. The first-order chi connectivity index (χ1) is 23.5. The zero-order valence-corrected chi connectivity index (χ0v) is 27.1. The van der Waals surface area contributed by atoms with Crippen molar-refractivity contribution >= 4 is 52.0 Å². The number of hydrogen-bond donors (Lipinski definition) is 0. The SMILES string of the molecule is C=Cc1cnc2c(C=Cc3cnc4c(-c5cc(C#N)c(N6CCN(C(=O)CCOC)[C@H](C)C6)nc5C5CC5)cccc4n3)cccc2n1. The molecule has 0 unspecified atom stereocenters. The van der Waals surface area contributed by atoms with Crippen LogP contribution in [-0.2, 0) is 9.53 Å². The van der Waals surface area contributed by atoms with Crippen molar-refractivity contribution < 1.29 is 9.53 Å². The van der Waals surface area contributed by atoms with E-state index in [1.165, 1.54) is 0 Å². The fraction of sp³-hybridized carbons (Fsp3) is 0.289. The van der Waals surface area contributed by atoms with Gasteiger partial charge in [-0.3, -0.25) is 14.8 Å². The molecule has 1 amide bonds. The molecule has 0 spiro atoms. The number of piperazine rings is 1. The topological polar surface area (TPSA) is 121 Å². The lowest BCUT2D eigenvalue weighted by molar-refractivity contribution is -0.134. The van der Waals surface area contributed by atoms with Gasteiger partial charge in [-0.1, -0.05) is 36.9 Å². The van der Waals surface area contributed by atoms with Gasteiger partial charge in [-0.05, 0) is 50.1 Å². The second-order valence-electron chi connectivity index (χ2n) is 12.3. The van der Waals surface area contributed by atoms with Crippen LogP contribution in [0.2, 0.25) is 0 Å². The average Bonchev–Trinajstić information content (AvgIpc) is 3.97. The summed E-state index contributed by atoms with van der Waals surface area (Å²) in [6.07, 6.45) is 11.6. The number of carbonyl (C=O) groups is 1. The molecular weight excluding hydrogens is 600 g/mol. The van der Waals surface area contributed by atoms with Crippen molar-refractivity contribution in [2.24, 2.45) is 0 Å². The number of hydrogen-bond acceptors (Lipinski definition) is 9. The first-order valence-electron chi connectivity index (χ1n) is 16.3. The van der Waals surface area contributed by atoms with Crippen LogP contribution in [0.1, 0.15) is 60.3 Å². The Bertz CT molecular complexity index is 2120. The Morgan fingerprint density at radius 1 is 1.00 bits per heavy atom. The molecule has 1 atom stereocenters. The number of anilines is 1. The van der Waals surface area contributed by atoms with Gasteiger partial charge < -0.3 is 14.5 Å². The molecule has 5 aromatic rings. The average molecular weight is 637 g/mol. The van der Waals surface area contributed by atoms with Gasteiger partial charge >= 0.3 is 0 Å². The number of rotatable bonds is 9. The van der Waals surface area contributed by atoms with Crippen molar-refractivity contribution in [3.05, 3.63) is 89.6 Å². The number of aromatic nitrogens is 5. The number of pyridine rings is 1. The quantitative estimate of drug-likeness (QED) is 0.184.